The maximum atomic E-state index is 12.7. The molecule has 4 heteroatoms. The first kappa shape index (κ1) is 16.5. The second-order valence-corrected chi connectivity index (χ2v) is 7.31. The summed E-state index contributed by atoms with van der Waals surface area (Å²) in [6, 6.07) is 9.49. The van der Waals surface area contributed by atoms with Crippen molar-refractivity contribution < 1.29 is 19.2 Å². The number of carbonyl (C=O) groups excluding carboxylic acids is 4. The molecule has 0 amide bonds. The fourth-order valence-corrected chi connectivity index (χ4v) is 3.89. The van der Waals surface area contributed by atoms with E-state index in [1.54, 1.807) is 13.8 Å². The van der Waals surface area contributed by atoms with Gasteiger partial charge in [0.15, 0.2) is 17.3 Å². The van der Waals surface area contributed by atoms with Crippen LogP contribution in [0.15, 0.2) is 41.5 Å². The van der Waals surface area contributed by atoms with Gasteiger partial charge in [-0.2, -0.15) is 0 Å². The summed E-state index contributed by atoms with van der Waals surface area (Å²) in [6.45, 7) is 3.52. The van der Waals surface area contributed by atoms with E-state index < -0.39 is 5.41 Å². The summed E-state index contributed by atoms with van der Waals surface area (Å²) in [6.07, 6.45) is 0.447. The molecule has 0 atom stereocenters. The van der Waals surface area contributed by atoms with Crippen molar-refractivity contribution in [1.82, 2.24) is 0 Å². The second kappa shape index (κ2) is 5.93. The molecule has 24 heavy (non-hydrogen) atoms. The molecule has 3 rings (SSSR count). The normalized spacial score (nSPS) is 24.5. The van der Waals surface area contributed by atoms with Gasteiger partial charge < -0.3 is 0 Å². The second-order valence-electron chi connectivity index (χ2n) is 7.31. The Labute approximate surface area is 140 Å². The maximum absolute atomic E-state index is 12.7. The molecule has 0 aromatic heterocycles. The predicted molar refractivity (Wildman–Crippen MR) is 88.5 cm³/mol. The molecule has 0 bridgehead atoms. The van der Waals surface area contributed by atoms with Gasteiger partial charge in [0.2, 0.25) is 0 Å². The SMILES string of the molecule is CC1(C)CC(=O)CC(=O)C1=C1C(=O)CC(c2ccccc2)CC1=O. The summed E-state index contributed by atoms with van der Waals surface area (Å²) in [7, 11) is 0. The van der Waals surface area contributed by atoms with Crippen LogP contribution in [0, 0.1) is 5.41 Å². The average molecular weight is 324 g/mol. The summed E-state index contributed by atoms with van der Waals surface area (Å²) < 4.78 is 0. The summed E-state index contributed by atoms with van der Waals surface area (Å²) in [5.74, 6) is -1.19. The summed E-state index contributed by atoms with van der Waals surface area (Å²) in [5.41, 5.74) is 0.521. The molecule has 2 fully saturated rings. The molecule has 0 saturated heterocycles. The smallest absolute Gasteiger partial charge is 0.167 e. The molecule has 0 heterocycles. The number of benzene rings is 1. The Bertz CT molecular complexity index is 748. The first-order valence-electron chi connectivity index (χ1n) is 8.20. The van der Waals surface area contributed by atoms with Gasteiger partial charge >= 0.3 is 0 Å². The fraction of sp³-hybridized carbons (Fsp3) is 0.400. The molecule has 0 spiro atoms. The van der Waals surface area contributed by atoms with Crippen molar-refractivity contribution in [2.75, 3.05) is 0 Å². The Morgan fingerprint density at radius 3 is 2.00 bits per heavy atom. The number of carbonyl (C=O) groups is 4. The van der Waals surface area contributed by atoms with Crippen molar-refractivity contribution >= 4 is 23.1 Å². The highest BCUT2D eigenvalue weighted by Crippen LogP contribution is 2.42. The zero-order chi connectivity index (χ0) is 17.5. The van der Waals surface area contributed by atoms with E-state index in [-0.39, 0.29) is 65.9 Å². The van der Waals surface area contributed by atoms with E-state index in [1.165, 1.54) is 0 Å². The van der Waals surface area contributed by atoms with E-state index in [2.05, 4.69) is 0 Å². The maximum Gasteiger partial charge on any atom is 0.167 e. The van der Waals surface area contributed by atoms with E-state index >= 15 is 0 Å². The van der Waals surface area contributed by atoms with Crippen LogP contribution >= 0.6 is 0 Å². The largest absolute Gasteiger partial charge is 0.299 e. The predicted octanol–water partition coefficient (Wildman–Crippen LogP) is 2.96. The van der Waals surface area contributed by atoms with Crippen molar-refractivity contribution in [3.63, 3.8) is 0 Å². The van der Waals surface area contributed by atoms with Crippen LogP contribution in [0.3, 0.4) is 0 Å². The van der Waals surface area contributed by atoms with Crippen molar-refractivity contribution in [1.29, 1.82) is 0 Å². The molecule has 0 radical (unpaired) electrons. The number of allylic oxidation sites excluding steroid dienone is 2. The van der Waals surface area contributed by atoms with E-state index in [9.17, 15) is 19.2 Å². The van der Waals surface area contributed by atoms with Crippen molar-refractivity contribution in [2.45, 2.75) is 45.4 Å². The highest BCUT2D eigenvalue weighted by Gasteiger charge is 2.43. The van der Waals surface area contributed by atoms with Gasteiger partial charge in [-0.15, -0.1) is 0 Å². The lowest BCUT2D eigenvalue weighted by Gasteiger charge is -2.34. The van der Waals surface area contributed by atoms with Crippen LogP contribution in [-0.2, 0) is 19.2 Å². The summed E-state index contributed by atoms with van der Waals surface area (Å²) in [5, 5.41) is 0. The zero-order valence-corrected chi connectivity index (χ0v) is 13.9. The van der Waals surface area contributed by atoms with Crippen molar-refractivity contribution in [3.05, 3.63) is 47.0 Å². The molecular formula is C20H20O4. The Hall–Kier alpha value is -2.36. The molecule has 4 nitrogen and oxygen atoms in total. The van der Waals surface area contributed by atoms with Gasteiger partial charge in [-0.25, -0.2) is 0 Å². The topological polar surface area (TPSA) is 68.3 Å². The first-order chi connectivity index (χ1) is 11.3. The number of hydrogen-bond donors (Lipinski definition) is 0. The van der Waals surface area contributed by atoms with Crippen molar-refractivity contribution in [3.8, 4) is 0 Å². The van der Waals surface area contributed by atoms with E-state index in [0.29, 0.717) is 0 Å². The average Bonchev–Trinajstić information content (AvgIpc) is 2.49. The number of Topliss-reactive ketones (excluding diaryl/α,β-unsaturated/α-hetero) is 4. The summed E-state index contributed by atoms with van der Waals surface area (Å²) >= 11 is 0. The van der Waals surface area contributed by atoms with Crippen LogP contribution in [0.1, 0.15) is 51.0 Å². The van der Waals surface area contributed by atoms with Crippen LogP contribution in [-0.4, -0.2) is 23.1 Å². The molecule has 124 valence electrons. The zero-order valence-electron chi connectivity index (χ0n) is 13.9. The number of rotatable bonds is 1. The minimum atomic E-state index is -0.757. The Balaban J connectivity index is 1.99. The highest BCUT2D eigenvalue weighted by atomic mass is 16.2. The molecule has 2 aliphatic carbocycles. The van der Waals surface area contributed by atoms with Crippen LogP contribution in [0.2, 0.25) is 0 Å². The van der Waals surface area contributed by atoms with Gasteiger partial charge in [-0.3, -0.25) is 19.2 Å². The van der Waals surface area contributed by atoms with E-state index in [1.807, 2.05) is 30.3 Å². The van der Waals surface area contributed by atoms with E-state index in [0.717, 1.165) is 5.56 Å². The first-order valence-corrected chi connectivity index (χ1v) is 8.20. The Kier molecular flexibility index (Phi) is 4.08. The number of hydrogen-bond acceptors (Lipinski definition) is 4. The van der Waals surface area contributed by atoms with Gasteiger partial charge in [0.25, 0.3) is 0 Å². The molecule has 0 unspecified atom stereocenters. The third kappa shape index (κ3) is 2.88. The highest BCUT2D eigenvalue weighted by molar-refractivity contribution is 6.28. The lowest BCUT2D eigenvalue weighted by atomic mass is 9.67. The Morgan fingerprint density at radius 1 is 0.875 bits per heavy atom. The molecule has 2 saturated carbocycles. The quantitative estimate of drug-likeness (QED) is 0.452. The minimum absolute atomic E-state index is 0.0460. The molecule has 1 aromatic carbocycles. The van der Waals surface area contributed by atoms with Gasteiger partial charge in [0, 0.05) is 30.3 Å². The molecule has 0 aliphatic heterocycles. The molecule has 0 N–H and O–H groups in total. The van der Waals surface area contributed by atoms with Crippen LogP contribution in [0.5, 0.6) is 0 Å². The van der Waals surface area contributed by atoms with E-state index in [4.69, 9.17) is 0 Å². The third-order valence-electron chi connectivity index (χ3n) is 4.89. The van der Waals surface area contributed by atoms with Crippen LogP contribution in [0.25, 0.3) is 0 Å². The molecule has 1 aromatic rings. The monoisotopic (exact) mass is 324 g/mol. The molecular weight excluding hydrogens is 304 g/mol. The lowest BCUT2D eigenvalue weighted by molar-refractivity contribution is -0.131. The van der Waals surface area contributed by atoms with Gasteiger partial charge in [-0.1, -0.05) is 44.2 Å². The van der Waals surface area contributed by atoms with Crippen molar-refractivity contribution in [2.24, 2.45) is 5.41 Å². The van der Waals surface area contributed by atoms with Gasteiger partial charge in [0.1, 0.15) is 5.78 Å². The Morgan fingerprint density at radius 2 is 1.46 bits per heavy atom. The third-order valence-corrected chi connectivity index (χ3v) is 4.89. The van der Waals surface area contributed by atoms with Gasteiger partial charge in [-0.05, 0) is 11.5 Å². The fourth-order valence-electron chi connectivity index (χ4n) is 3.89. The van der Waals surface area contributed by atoms with Crippen LogP contribution < -0.4 is 0 Å². The van der Waals surface area contributed by atoms with Crippen LogP contribution in [0.4, 0.5) is 0 Å². The lowest BCUT2D eigenvalue weighted by Crippen LogP contribution is -2.37. The summed E-state index contributed by atoms with van der Waals surface area (Å²) in [4.78, 5) is 49.5. The minimum Gasteiger partial charge on any atom is -0.299 e. The number of ketones is 4. The van der Waals surface area contributed by atoms with Gasteiger partial charge in [0.05, 0.1) is 12.0 Å². The standard InChI is InChI=1S/C20H20O4/c1-20(2)11-14(21)10-17(24)19(20)18-15(22)8-13(9-16(18)23)12-6-4-3-5-7-12/h3-7,13H,8-11H2,1-2H3. The molecule has 2 aliphatic rings.